The second kappa shape index (κ2) is 7.23. The van der Waals surface area contributed by atoms with Crippen LogP contribution in [0.2, 0.25) is 5.02 Å². The number of rotatable bonds is 5. The van der Waals surface area contributed by atoms with Crippen LogP contribution in [0.15, 0.2) is 48.5 Å². The zero-order valence-corrected chi connectivity index (χ0v) is 14.8. The van der Waals surface area contributed by atoms with Gasteiger partial charge in [-0.3, -0.25) is 10.0 Å². The van der Waals surface area contributed by atoms with E-state index in [0.717, 1.165) is 5.56 Å². The number of nitrogens with one attached hydrogen (secondary N) is 2. The molecule has 0 unspecified atom stereocenters. The van der Waals surface area contributed by atoms with Crippen molar-refractivity contribution in [3.8, 4) is 11.5 Å². The number of benzene rings is 2. The number of hydrogen-bond acceptors (Lipinski definition) is 4. The highest BCUT2D eigenvalue weighted by Gasteiger charge is 2.44. The fourth-order valence-corrected chi connectivity index (χ4v) is 2.84. The fraction of sp³-hybridized carbons (Fsp3) is 0.222. The molecule has 2 aromatic rings. The zero-order valence-electron chi connectivity index (χ0n) is 14.0. The lowest BCUT2D eigenvalue weighted by Crippen LogP contribution is -2.53. The molecular formula is C18H18ClN3O4. The van der Waals surface area contributed by atoms with Crippen LogP contribution in [0.1, 0.15) is 12.5 Å². The van der Waals surface area contributed by atoms with Gasteiger partial charge >= 0.3 is 6.03 Å². The van der Waals surface area contributed by atoms with Crippen molar-refractivity contribution in [3.63, 3.8) is 0 Å². The Morgan fingerprint density at radius 3 is 2.38 bits per heavy atom. The van der Waals surface area contributed by atoms with E-state index in [1.807, 2.05) is 12.1 Å². The van der Waals surface area contributed by atoms with Crippen molar-refractivity contribution < 1.29 is 19.5 Å². The second-order valence-electron chi connectivity index (χ2n) is 6.26. The smallest absolute Gasteiger partial charge is 0.318 e. The number of ether oxygens (including phenoxy) is 1. The van der Waals surface area contributed by atoms with Crippen LogP contribution in [-0.4, -0.2) is 34.1 Å². The summed E-state index contributed by atoms with van der Waals surface area (Å²) in [5.74, 6) is 0.679. The Morgan fingerprint density at radius 2 is 1.81 bits per heavy atom. The van der Waals surface area contributed by atoms with Gasteiger partial charge < -0.3 is 15.0 Å². The first-order valence-corrected chi connectivity index (χ1v) is 8.31. The molecule has 136 valence electrons. The van der Waals surface area contributed by atoms with Crippen molar-refractivity contribution in [1.29, 1.82) is 0 Å². The Bertz CT molecular complexity index is 810. The van der Waals surface area contributed by atoms with Crippen molar-refractivity contribution in [3.05, 3.63) is 59.1 Å². The molecule has 0 spiro atoms. The summed E-state index contributed by atoms with van der Waals surface area (Å²) >= 11 is 5.85. The average molecular weight is 376 g/mol. The van der Waals surface area contributed by atoms with Crippen LogP contribution < -0.4 is 15.5 Å². The molecule has 8 heteroatoms. The summed E-state index contributed by atoms with van der Waals surface area (Å²) in [7, 11) is 0. The maximum absolute atomic E-state index is 12.1. The Morgan fingerprint density at radius 1 is 1.23 bits per heavy atom. The lowest BCUT2D eigenvalue weighted by atomic mass is 10.0. The van der Waals surface area contributed by atoms with E-state index in [2.05, 4.69) is 5.32 Å². The highest BCUT2D eigenvalue weighted by Crippen LogP contribution is 2.24. The molecule has 1 fully saturated rings. The predicted molar refractivity (Wildman–Crippen MR) is 95.2 cm³/mol. The van der Waals surface area contributed by atoms with Crippen LogP contribution in [0.3, 0.4) is 0 Å². The summed E-state index contributed by atoms with van der Waals surface area (Å²) in [6.07, 6.45) is 0. The third-order valence-corrected chi connectivity index (χ3v) is 4.38. The van der Waals surface area contributed by atoms with E-state index in [9.17, 15) is 9.59 Å². The topological polar surface area (TPSA) is 90.9 Å². The summed E-state index contributed by atoms with van der Waals surface area (Å²) in [4.78, 5) is 25.3. The van der Waals surface area contributed by atoms with Gasteiger partial charge in [0.1, 0.15) is 17.0 Å². The monoisotopic (exact) mass is 375 g/mol. The van der Waals surface area contributed by atoms with Gasteiger partial charge in [-0.05, 0) is 48.9 Å². The predicted octanol–water partition coefficient (Wildman–Crippen LogP) is 2.92. The van der Waals surface area contributed by atoms with Crippen LogP contribution in [-0.2, 0) is 11.3 Å². The molecule has 1 atom stereocenters. The molecule has 7 nitrogen and oxygen atoms in total. The molecule has 26 heavy (non-hydrogen) atoms. The van der Waals surface area contributed by atoms with Crippen LogP contribution >= 0.6 is 11.6 Å². The van der Waals surface area contributed by atoms with Gasteiger partial charge in [0.2, 0.25) is 0 Å². The van der Waals surface area contributed by atoms with E-state index in [1.165, 1.54) is 4.90 Å². The van der Waals surface area contributed by atoms with Gasteiger partial charge in [-0.15, -0.1) is 0 Å². The molecule has 0 aromatic heterocycles. The first-order chi connectivity index (χ1) is 12.4. The van der Waals surface area contributed by atoms with E-state index in [-0.39, 0.29) is 12.6 Å². The first kappa shape index (κ1) is 18.0. The Labute approximate surface area is 155 Å². The molecule has 1 aliphatic rings. The molecule has 0 radical (unpaired) electrons. The van der Waals surface area contributed by atoms with Crippen LogP contribution in [0.25, 0.3) is 0 Å². The SMILES string of the molecule is C[C@]1(C(=O)NO)CN(Cc2ccc(Oc3ccc(Cl)cc3)cc2)C(=O)N1. The minimum absolute atomic E-state index is 0.154. The van der Waals surface area contributed by atoms with E-state index in [0.29, 0.717) is 23.1 Å². The average Bonchev–Trinajstić information content (AvgIpc) is 2.92. The molecule has 1 aliphatic heterocycles. The van der Waals surface area contributed by atoms with Crippen molar-refractivity contribution in [1.82, 2.24) is 15.7 Å². The molecule has 0 bridgehead atoms. The highest BCUT2D eigenvalue weighted by atomic mass is 35.5. The number of hydrogen-bond donors (Lipinski definition) is 3. The molecular weight excluding hydrogens is 358 g/mol. The van der Waals surface area contributed by atoms with Gasteiger partial charge in [-0.25, -0.2) is 10.3 Å². The summed E-state index contributed by atoms with van der Waals surface area (Å²) in [5, 5.41) is 12.0. The number of carbonyl (C=O) groups is 2. The van der Waals surface area contributed by atoms with E-state index in [1.54, 1.807) is 48.8 Å². The summed E-state index contributed by atoms with van der Waals surface area (Å²) in [5.41, 5.74) is 1.30. The third kappa shape index (κ3) is 3.89. The minimum atomic E-state index is -1.16. The molecule has 1 saturated heterocycles. The van der Waals surface area contributed by atoms with Crippen molar-refractivity contribution in [2.24, 2.45) is 0 Å². The van der Waals surface area contributed by atoms with Gasteiger partial charge in [0.05, 0.1) is 6.54 Å². The molecule has 2 aromatic carbocycles. The van der Waals surface area contributed by atoms with Crippen LogP contribution in [0.4, 0.5) is 4.79 Å². The lowest BCUT2D eigenvalue weighted by Gasteiger charge is -2.20. The largest absolute Gasteiger partial charge is 0.457 e. The normalized spacial score (nSPS) is 19.2. The number of hydroxylamine groups is 1. The third-order valence-electron chi connectivity index (χ3n) is 4.13. The highest BCUT2D eigenvalue weighted by molar-refractivity contribution is 6.30. The first-order valence-electron chi connectivity index (χ1n) is 7.93. The van der Waals surface area contributed by atoms with Crippen molar-refractivity contribution in [2.75, 3.05) is 6.54 Å². The quantitative estimate of drug-likeness (QED) is 0.553. The van der Waals surface area contributed by atoms with Gasteiger partial charge in [0.15, 0.2) is 0 Å². The number of amides is 3. The number of halogens is 1. The maximum atomic E-state index is 12.1. The Kier molecular flexibility index (Phi) is 5.01. The van der Waals surface area contributed by atoms with Gasteiger partial charge in [-0.2, -0.15) is 0 Å². The standard InChI is InChI=1S/C18H18ClN3O4/c1-18(16(23)21-25)11-22(17(24)20-18)10-12-2-6-14(7-3-12)26-15-8-4-13(19)5-9-15/h2-9,25H,10-11H2,1H3,(H,20,24)(H,21,23)/t18-/m1/s1. The lowest BCUT2D eigenvalue weighted by molar-refractivity contribution is -0.134. The summed E-state index contributed by atoms with van der Waals surface area (Å²) in [6, 6.07) is 14.0. The van der Waals surface area contributed by atoms with Gasteiger partial charge in [0, 0.05) is 11.6 Å². The number of urea groups is 1. The molecule has 0 saturated carbocycles. The van der Waals surface area contributed by atoms with E-state index >= 15 is 0 Å². The maximum Gasteiger partial charge on any atom is 0.318 e. The zero-order chi connectivity index (χ0) is 18.7. The second-order valence-corrected chi connectivity index (χ2v) is 6.70. The molecule has 3 N–H and O–H groups in total. The fourth-order valence-electron chi connectivity index (χ4n) is 2.71. The van der Waals surface area contributed by atoms with Gasteiger partial charge in [-0.1, -0.05) is 23.7 Å². The molecule has 0 aliphatic carbocycles. The minimum Gasteiger partial charge on any atom is -0.457 e. The summed E-state index contributed by atoms with van der Waals surface area (Å²) in [6.45, 7) is 2.04. The molecule has 1 heterocycles. The molecule has 3 rings (SSSR count). The number of carbonyl (C=O) groups excluding carboxylic acids is 2. The van der Waals surface area contributed by atoms with Crippen molar-refractivity contribution in [2.45, 2.75) is 19.0 Å². The van der Waals surface area contributed by atoms with E-state index in [4.69, 9.17) is 21.5 Å². The Balaban J connectivity index is 1.63. The van der Waals surface area contributed by atoms with Gasteiger partial charge in [0.25, 0.3) is 5.91 Å². The van der Waals surface area contributed by atoms with Crippen LogP contribution in [0, 0.1) is 0 Å². The van der Waals surface area contributed by atoms with Crippen molar-refractivity contribution >= 4 is 23.5 Å². The van der Waals surface area contributed by atoms with E-state index < -0.39 is 11.4 Å². The number of nitrogens with zero attached hydrogens (tertiary/aromatic N) is 1. The molecule has 3 amide bonds. The summed E-state index contributed by atoms with van der Waals surface area (Å²) < 4.78 is 5.73. The van der Waals surface area contributed by atoms with Crippen LogP contribution in [0.5, 0.6) is 11.5 Å². The Hall–Kier alpha value is -2.77.